The van der Waals surface area contributed by atoms with Gasteiger partial charge in [0.15, 0.2) is 0 Å². The van der Waals surface area contributed by atoms with Crippen LogP contribution >= 0.6 is 0 Å². The van der Waals surface area contributed by atoms with E-state index in [4.69, 9.17) is 9.47 Å². The van der Waals surface area contributed by atoms with Gasteiger partial charge in [-0.3, -0.25) is 0 Å². The van der Waals surface area contributed by atoms with Crippen LogP contribution in [0.15, 0.2) is 23.3 Å². The zero-order valence-corrected chi connectivity index (χ0v) is 13.5. The Kier molecular flexibility index (Phi) is 7.20. The van der Waals surface area contributed by atoms with Crippen molar-refractivity contribution in [1.29, 1.82) is 0 Å². The van der Waals surface area contributed by atoms with E-state index in [0.29, 0.717) is 36.7 Å². The Balaban J connectivity index is 3.04. The first-order chi connectivity index (χ1) is 10.0. The molecule has 21 heavy (non-hydrogen) atoms. The molecule has 0 saturated carbocycles. The van der Waals surface area contributed by atoms with E-state index >= 15 is 0 Å². The van der Waals surface area contributed by atoms with Gasteiger partial charge in [0.2, 0.25) is 0 Å². The minimum Gasteiger partial charge on any atom is -0.462 e. The van der Waals surface area contributed by atoms with Gasteiger partial charge in [0.05, 0.1) is 24.4 Å². The van der Waals surface area contributed by atoms with Gasteiger partial charge in [-0.2, -0.15) is 0 Å². The highest BCUT2D eigenvalue weighted by atomic mass is 16.5. The highest BCUT2D eigenvalue weighted by molar-refractivity contribution is 6.02. The molecule has 0 fully saturated rings. The normalized spacial score (nSPS) is 21.9. The predicted octanol–water partition coefficient (Wildman–Crippen LogP) is 3.42. The van der Waals surface area contributed by atoms with Gasteiger partial charge in [0.25, 0.3) is 0 Å². The molecule has 4 heteroatoms. The molecule has 118 valence electrons. The molecule has 0 aromatic heterocycles. The van der Waals surface area contributed by atoms with Crippen molar-refractivity contribution in [2.24, 2.45) is 11.8 Å². The van der Waals surface area contributed by atoms with Crippen LogP contribution < -0.4 is 0 Å². The van der Waals surface area contributed by atoms with Gasteiger partial charge in [-0.05, 0) is 31.1 Å². The Morgan fingerprint density at radius 1 is 1.10 bits per heavy atom. The van der Waals surface area contributed by atoms with Gasteiger partial charge in [-0.1, -0.05) is 39.8 Å². The second-order valence-corrected chi connectivity index (χ2v) is 5.56. The molecule has 1 aliphatic rings. The number of ether oxygens (including phenoxy) is 2. The second kappa shape index (κ2) is 8.65. The average molecular weight is 294 g/mol. The maximum absolute atomic E-state index is 12.2. The summed E-state index contributed by atoms with van der Waals surface area (Å²) in [6.07, 6.45) is 5.73. The van der Waals surface area contributed by atoms with E-state index in [1.54, 1.807) is 6.08 Å². The van der Waals surface area contributed by atoms with Crippen molar-refractivity contribution in [2.45, 2.75) is 47.0 Å². The van der Waals surface area contributed by atoms with Gasteiger partial charge in [-0.25, -0.2) is 9.59 Å². The van der Waals surface area contributed by atoms with Crippen molar-refractivity contribution in [1.82, 2.24) is 0 Å². The molecule has 1 rings (SSSR count). The first-order valence-electron chi connectivity index (χ1n) is 7.76. The van der Waals surface area contributed by atoms with E-state index < -0.39 is 11.9 Å². The summed E-state index contributed by atoms with van der Waals surface area (Å²) in [4.78, 5) is 24.4. The Labute approximate surface area is 127 Å². The van der Waals surface area contributed by atoms with Gasteiger partial charge >= 0.3 is 11.9 Å². The number of allylic oxidation sites excluding steroid dienone is 1. The van der Waals surface area contributed by atoms with Crippen molar-refractivity contribution in [3.8, 4) is 0 Å². The maximum atomic E-state index is 12.2. The summed E-state index contributed by atoms with van der Waals surface area (Å²) < 4.78 is 10.4. The first kappa shape index (κ1) is 17.5. The van der Waals surface area contributed by atoms with Gasteiger partial charge in [-0.15, -0.1) is 0 Å². The lowest BCUT2D eigenvalue weighted by molar-refractivity contribution is -0.142. The third kappa shape index (κ3) is 5.03. The number of rotatable bonds is 6. The van der Waals surface area contributed by atoms with Crippen LogP contribution in [-0.2, 0) is 19.1 Å². The number of hydrogen-bond acceptors (Lipinski definition) is 4. The fourth-order valence-corrected chi connectivity index (χ4v) is 2.10. The maximum Gasteiger partial charge on any atom is 0.338 e. The van der Waals surface area contributed by atoms with Gasteiger partial charge in [0.1, 0.15) is 0 Å². The summed E-state index contributed by atoms with van der Waals surface area (Å²) in [7, 11) is 0. The van der Waals surface area contributed by atoms with Crippen LogP contribution in [0.1, 0.15) is 47.0 Å². The third-order valence-electron chi connectivity index (χ3n) is 3.66. The quantitative estimate of drug-likeness (QED) is 0.704. The molecular formula is C17H26O4. The molecule has 0 aromatic carbocycles. The molecular weight excluding hydrogens is 268 g/mol. The van der Waals surface area contributed by atoms with Crippen LogP contribution in [0.25, 0.3) is 0 Å². The van der Waals surface area contributed by atoms with E-state index in [2.05, 4.69) is 13.8 Å². The molecule has 1 aliphatic carbocycles. The van der Waals surface area contributed by atoms with Gasteiger partial charge < -0.3 is 9.47 Å². The summed E-state index contributed by atoms with van der Waals surface area (Å²) in [5.41, 5.74) is 0.790. The standard InChI is InChI=1S/C17H26O4/c1-5-9-20-16(18)14-8-7-12(3)13(4)11-15(14)17(19)21-10-6-2/h7-8,12-13H,5-6,9-11H2,1-4H3. The number of carbonyl (C=O) groups is 2. The molecule has 0 amide bonds. The molecule has 0 N–H and O–H groups in total. The average Bonchev–Trinajstić information content (AvgIpc) is 2.62. The molecule has 0 aromatic rings. The van der Waals surface area contributed by atoms with E-state index in [-0.39, 0.29) is 5.92 Å². The summed E-state index contributed by atoms with van der Waals surface area (Å²) in [5.74, 6) is -0.249. The molecule has 0 heterocycles. The largest absolute Gasteiger partial charge is 0.462 e. The highest BCUT2D eigenvalue weighted by Gasteiger charge is 2.27. The molecule has 0 radical (unpaired) electrons. The van der Waals surface area contributed by atoms with E-state index in [0.717, 1.165) is 12.8 Å². The SMILES string of the molecule is CCCOC(=O)C1=C(C(=O)OCCC)CC(C)C(C)C=C1. The molecule has 0 bridgehead atoms. The van der Waals surface area contributed by atoms with Crippen LogP contribution in [0.3, 0.4) is 0 Å². The number of carbonyl (C=O) groups excluding carboxylic acids is 2. The molecule has 2 unspecified atom stereocenters. The number of esters is 2. The van der Waals surface area contributed by atoms with Crippen molar-refractivity contribution < 1.29 is 19.1 Å². The molecule has 2 atom stereocenters. The van der Waals surface area contributed by atoms with Crippen molar-refractivity contribution in [2.75, 3.05) is 13.2 Å². The topological polar surface area (TPSA) is 52.6 Å². The van der Waals surface area contributed by atoms with Crippen LogP contribution in [0.4, 0.5) is 0 Å². The van der Waals surface area contributed by atoms with Crippen LogP contribution in [0.5, 0.6) is 0 Å². The fourth-order valence-electron chi connectivity index (χ4n) is 2.10. The number of hydrogen-bond donors (Lipinski definition) is 0. The minimum atomic E-state index is -0.433. The summed E-state index contributed by atoms with van der Waals surface area (Å²) in [6, 6.07) is 0. The summed E-state index contributed by atoms with van der Waals surface area (Å²) >= 11 is 0. The van der Waals surface area contributed by atoms with Gasteiger partial charge in [0, 0.05) is 0 Å². The van der Waals surface area contributed by atoms with Crippen molar-refractivity contribution in [3.05, 3.63) is 23.3 Å². The lowest BCUT2D eigenvalue weighted by Gasteiger charge is -2.16. The monoisotopic (exact) mass is 294 g/mol. The Morgan fingerprint density at radius 2 is 1.67 bits per heavy atom. The molecule has 0 spiro atoms. The predicted molar refractivity (Wildman–Crippen MR) is 81.6 cm³/mol. The van der Waals surface area contributed by atoms with Crippen molar-refractivity contribution in [3.63, 3.8) is 0 Å². The van der Waals surface area contributed by atoms with E-state index in [1.807, 2.05) is 19.9 Å². The first-order valence-corrected chi connectivity index (χ1v) is 7.76. The minimum absolute atomic E-state index is 0.280. The van der Waals surface area contributed by atoms with E-state index in [9.17, 15) is 9.59 Å². The fraction of sp³-hybridized carbons (Fsp3) is 0.647. The summed E-state index contributed by atoms with van der Waals surface area (Å²) in [6.45, 7) is 8.76. The molecule has 0 saturated heterocycles. The zero-order valence-electron chi connectivity index (χ0n) is 13.5. The van der Waals surface area contributed by atoms with Crippen LogP contribution in [-0.4, -0.2) is 25.2 Å². The second-order valence-electron chi connectivity index (χ2n) is 5.56. The molecule has 0 aliphatic heterocycles. The smallest absolute Gasteiger partial charge is 0.338 e. The Bertz CT molecular complexity index is 434. The lowest BCUT2D eigenvalue weighted by atomic mass is 9.91. The molecule has 4 nitrogen and oxygen atoms in total. The van der Waals surface area contributed by atoms with Crippen LogP contribution in [0.2, 0.25) is 0 Å². The summed E-state index contributed by atoms with van der Waals surface area (Å²) in [5, 5.41) is 0. The van der Waals surface area contributed by atoms with Crippen molar-refractivity contribution >= 4 is 11.9 Å². The Hall–Kier alpha value is -1.58. The third-order valence-corrected chi connectivity index (χ3v) is 3.66. The zero-order chi connectivity index (χ0) is 15.8. The lowest BCUT2D eigenvalue weighted by Crippen LogP contribution is -2.18. The van der Waals surface area contributed by atoms with Crippen LogP contribution in [0, 0.1) is 11.8 Å². The highest BCUT2D eigenvalue weighted by Crippen LogP contribution is 2.29. The Morgan fingerprint density at radius 3 is 2.24 bits per heavy atom. The van der Waals surface area contributed by atoms with E-state index in [1.165, 1.54) is 0 Å².